The molecule has 0 atom stereocenters. The van der Waals surface area contributed by atoms with E-state index in [-0.39, 0.29) is 0 Å². The van der Waals surface area contributed by atoms with Gasteiger partial charge in [-0.1, -0.05) is 3.63 Å². The van der Waals surface area contributed by atoms with Crippen molar-refractivity contribution in [2.45, 2.75) is 0 Å². The number of rotatable bonds is 3. The topological polar surface area (TPSA) is 107 Å². The van der Waals surface area contributed by atoms with E-state index >= 15 is 0 Å². The van der Waals surface area contributed by atoms with Crippen LogP contribution < -0.4 is 0 Å². The van der Waals surface area contributed by atoms with Crippen LogP contribution in [0.3, 0.4) is 0 Å². The molecule has 0 bridgehead atoms. The first-order chi connectivity index (χ1) is 4.27. The fourth-order valence-corrected chi connectivity index (χ4v) is 1.04. The molecule has 0 aromatic carbocycles. The van der Waals surface area contributed by atoms with Gasteiger partial charge in [0.15, 0.2) is 0 Å². The lowest BCUT2D eigenvalue weighted by molar-refractivity contribution is -0.00965. The minimum absolute atomic E-state index is 2.02. The van der Waals surface area contributed by atoms with Crippen LogP contribution in [0.2, 0.25) is 0 Å². The highest BCUT2D eigenvalue weighted by atomic mass is 32.3. The van der Waals surface area contributed by atoms with Gasteiger partial charge in [0.2, 0.25) is 0 Å². The summed E-state index contributed by atoms with van der Waals surface area (Å²) in [5.74, 6) is 0. The lowest BCUT2D eigenvalue weighted by atomic mass is 15.6. The third kappa shape index (κ3) is 4.58. The minimum atomic E-state index is -5.28. The molecule has 0 radical (unpaired) electrons. The molecule has 0 aromatic rings. The van der Waals surface area contributed by atoms with Crippen molar-refractivity contribution in [3.8, 4) is 0 Å². The van der Waals surface area contributed by atoms with E-state index in [0.29, 0.717) is 0 Å². The maximum absolute atomic E-state index is 10.7. The molecule has 0 aliphatic heterocycles. The highest BCUT2D eigenvalue weighted by Gasteiger charge is 2.21. The second kappa shape index (κ2) is 2.75. The predicted molar refractivity (Wildman–Crippen MR) is 23.7 cm³/mol. The summed E-state index contributed by atoms with van der Waals surface area (Å²) in [7, 11) is -10.5. The Hall–Kier alpha value is -0.290. The van der Waals surface area contributed by atoms with E-state index in [9.17, 15) is 21.4 Å². The second-order valence-corrected chi connectivity index (χ2v) is 3.31. The van der Waals surface area contributed by atoms with Crippen molar-refractivity contribution in [2.75, 3.05) is 0 Å². The third-order valence-corrected chi connectivity index (χ3v) is 1.76. The molecule has 0 fully saturated rings. The fraction of sp³-hybridized carbons (Fsp3) is 0. The zero-order valence-corrected chi connectivity index (χ0v) is 5.72. The van der Waals surface area contributed by atoms with E-state index in [1.807, 2.05) is 4.39 Å². The molecule has 10 heteroatoms. The van der Waals surface area contributed by atoms with Crippen molar-refractivity contribution in [3.05, 3.63) is 0 Å². The molecule has 0 spiro atoms. The van der Waals surface area contributed by atoms with Crippen molar-refractivity contribution in [1.82, 2.24) is 0 Å². The Balaban J connectivity index is 4.49. The fourth-order valence-electron chi connectivity index (χ4n) is 0.116. The van der Waals surface area contributed by atoms with E-state index in [0.717, 1.165) is 0 Å². The molecule has 0 heterocycles. The van der Waals surface area contributed by atoms with Crippen molar-refractivity contribution in [3.63, 3.8) is 0 Å². The second-order valence-electron chi connectivity index (χ2n) is 0.967. The quantitative estimate of drug-likeness (QED) is 0.574. The molecule has 0 aliphatic carbocycles. The van der Waals surface area contributed by atoms with Crippen LogP contribution in [0.25, 0.3) is 0 Å². The monoisotopic (exact) mass is 196 g/mol. The van der Waals surface area contributed by atoms with Crippen molar-refractivity contribution >= 4 is 20.8 Å². The summed E-state index contributed by atoms with van der Waals surface area (Å²) in [4.78, 5) is 0. The molecule has 62 valence electrons. The number of halogens is 1. The maximum atomic E-state index is 10.7. The molecule has 0 aliphatic rings. The van der Waals surface area contributed by atoms with Crippen LogP contribution in [0, 0.1) is 0 Å². The zero-order chi connectivity index (χ0) is 8.41. The standard InChI is InChI=1S/FHO7S2/c1-7-10(5,6)8-9(2,3)4/h(H,2,3,4). The SMILES string of the molecule is O=S(=O)(O)OS(=O)(=O)OF. The highest BCUT2D eigenvalue weighted by molar-refractivity contribution is 7.94. The maximum Gasteiger partial charge on any atom is 0.446 e. The van der Waals surface area contributed by atoms with Gasteiger partial charge in [0.05, 0.1) is 0 Å². The van der Waals surface area contributed by atoms with Crippen LogP contribution in [0.15, 0.2) is 0 Å². The Morgan fingerprint density at radius 2 is 1.60 bits per heavy atom. The third-order valence-electron chi connectivity index (χ3n) is 0.246. The summed E-state index contributed by atoms with van der Waals surface area (Å²) in [6, 6.07) is 0. The molecule has 10 heavy (non-hydrogen) atoms. The molecule has 7 nitrogen and oxygen atoms in total. The molecule has 0 rings (SSSR count). The average molecular weight is 196 g/mol. The normalized spacial score (nSPS) is 13.4. The summed E-state index contributed by atoms with van der Waals surface area (Å²) >= 11 is 0. The van der Waals surface area contributed by atoms with Gasteiger partial charge in [0.25, 0.3) is 0 Å². The van der Waals surface area contributed by atoms with Gasteiger partial charge in [0, 0.05) is 0 Å². The van der Waals surface area contributed by atoms with Gasteiger partial charge in [0.1, 0.15) is 0 Å². The van der Waals surface area contributed by atoms with E-state index in [2.05, 4.69) is 3.63 Å². The number of hydrogen-bond acceptors (Lipinski definition) is 6. The Morgan fingerprint density at radius 3 is 1.70 bits per heavy atom. The van der Waals surface area contributed by atoms with Crippen molar-refractivity contribution < 1.29 is 33.9 Å². The Labute approximate surface area is 55.5 Å². The predicted octanol–water partition coefficient (Wildman–Crippen LogP) is -1.05. The van der Waals surface area contributed by atoms with Crippen LogP contribution in [0.4, 0.5) is 4.53 Å². The van der Waals surface area contributed by atoms with Gasteiger partial charge in [-0.2, -0.15) is 16.8 Å². The summed E-state index contributed by atoms with van der Waals surface area (Å²) in [5, 5.41) is 0. The molecular weight excluding hydrogens is 195 g/mol. The zero-order valence-electron chi connectivity index (χ0n) is 4.09. The molecule has 0 unspecified atom stereocenters. The van der Waals surface area contributed by atoms with E-state index in [1.54, 1.807) is 0 Å². The number of hydrogen-bond donors (Lipinski definition) is 1. The van der Waals surface area contributed by atoms with Crippen molar-refractivity contribution in [1.29, 1.82) is 0 Å². The largest absolute Gasteiger partial charge is 0.446 e. The molecule has 0 saturated carbocycles. The summed E-state index contributed by atoms with van der Waals surface area (Å²) < 4.78 is 61.4. The van der Waals surface area contributed by atoms with E-state index in [1.165, 1.54) is 0 Å². The molecular formula is HFO7S2. The lowest BCUT2D eigenvalue weighted by Crippen LogP contribution is -2.11. The van der Waals surface area contributed by atoms with Crippen molar-refractivity contribution in [2.24, 2.45) is 0 Å². The lowest BCUT2D eigenvalue weighted by Gasteiger charge is -1.92. The first-order valence-electron chi connectivity index (χ1n) is 1.50. The molecule has 0 aromatic heterocycles. The molecule has 1 N–H and O–H groups in total. The van der Waals surface area contributed by atoms with Crippen LogP contribution in [0.1, 0.15) is 0 Å². The van der Waals surface area contributed by atoms with Gasteiger partial charge in [-0.05, 0) is 8.91 Å². The van der Waals surface area contributed by atoms with Crippen LogP contribution in [0.5, 0.6) is 0 Å². The summed E-state index contributed by atoms with van der Waals surface area (Å²) in [6.45, 7) is 0. The van der Waals surface area contributed by atoms with Gasteiger partial charge in [-0.3, -0.25) is 4.55 Å². The first kappa shape index (κ1) is 9.71. The smallest absolute Gasteiger partial charge is 0.263 e. The van der Waals surface area contributed by atoms with Gasteiger partial charge in [-0.25, -0.2) is 0 Å². The highest BCUT2D eigenvalue weighted by Crippen LogP contribution is 1.99. The van der Waals surface area contributed by atoms with Crippen LogP contribution in [-0.2, 0) is 28.8 Å². The Bertz CT molecular complexity index is 280. The average Bonchev–Trinajstić information content (AvgIpc) is 1.60. The minimum Gasteiger partial charge on any atom is -0.263 e. The first-order valence-corrected chi connectivity index (χ1v) is 4.20. The van der Waals surface area contributed by atoms with Gasteiger partial charge < -0.3 is 0 Å². The summed E-state index contributed by atoms with van der Waals surface area (Å²) in [5.41, 5.74) is 0. The van der Waals surface area contributed by atoms with Crippen LogP contribution >= 0.6 is 0 Å². The Kier molecular flexibility index (Phi) is 2.67. The Morgan fingerprint density at radius 1 is 1.20 bits per heavy atom. The molecule has 0 saturated heterocycles. The van der Waals surface area contributed by atoms with Gasteiger partial charge in [-0.15, -0.1) is 0 Å². The molecule has 0 amide bonds. The van der Waals surface area contributed by atoms with Crippen LogP contribution in [-0.4, -0.2) is 21.4 Å². The van der Waals surface area contributed by atoms with E-state index in [4.69, 9.17) is 4.55 Å². The summed E-state index contributed by atoms with van der Waals surface area (Å²) in [6.07, 6.45) is 0. The van der Waals surface area contributed by atoms with E-state index < -0.39 is 20.8 Å². The van der Waals surface area contributed by atoms with Gasteiger partial charge >= 0.3 is 20.8 Å².